The number of hydrogen-bond acceptors (Lipinski definition) is 10. The molecule has 184 valence electrons. The second-order valence-corrected chi connectivity index (χ2v) is 9.52. The topological polar surface area (TPSA) is 156 Å². The van der Waals surface area contributed by atoms with Gasteiger partial charge in [-0.25, -0.2) is 23.0 Å². The summed E-state index contributed by atoms with van der Waals surface area (Å²) >= 11 is 0. The lowest BCUT2D eigenvalue weighted by molar-refractivity contribution is -0.123. The van der Waals surface area contributed by atoms with Crippen LogP contribution in [-0.4, -0.2) is 58.1 Å². The number of hydrogen-bond donors (Lipinski definition) is 1. The van der Waals surface area contributed by atoms with E-state index in [1.807, 2.05) is 10.8 Å². The van der Waals surface area contributed by atoms with Crippen LogP contribution in [0.1, 0.15) is 44.5 Å². The molecule has 0 saturated carbocycles. The van der Waals surface area contributed by atoms with Crippen LogP contribution >= 0.6 is 0 Å². The van der Waals surface area contributed by atoms with Crippen molar-refractivity contribution in [2.24, 2.45) is 5.92 Å². The van der Waals surface area contributed by atoms with Crippen molar-refractivity contribution in [2.45, 2.75) is 19.6 Å². The largest absolute Gasteiger partial charge is 0.465 e. The van der Waals surface area contributed by atoms with Gasteiger partial charge in [0.15, 0.2) is 0 Å². The monoisotopic (exact) mass is 500 g/mol. The lowest BCUT2D eigenvalue weighted by Crippen LogP contribution is -2.55. The number of nitrogens with one attached hydrogen (secondary N) is 1. The highest BCUT2D eigenvalue weighted by atomic mass is 32.2. The number of pyridine rings is 1. The van der Waals surface area contributed by atoms with Crippen LogP contribution in [-0.2, 0) is 30.0 Å². The van der Waals surface area contributed by atoms with Crippen molar-refractivity contribution in [3.63, 3.8) is 0 Å². The molecule has 3 rings (SSSR count). The Morgan fingerprint density at radius 1 is 1.20 bits per heavy atom. The molecule has 0 unspecified atom stereocenters. The number of benzene rings is 1. The highest BCUT2D eigenvalue weighted by molar-refractivity contribution is 7.89. The number of ether oxygens (including phenoxy) is 2. The van der Waals surface area contributed by atoms with Gasteiger partial charge in [-0.15, -0.1) is 0 Å². The van der Waals surface area contributed by atoms with Gasteiger partial charge in [-0.1, -0.05) is 18.2 Å². The molecule has 0 spiro atoms. The van der Waals surface area contributed by atoms with Gasteiger partial charge < -0.3 is 14.4 Å². The molecule has 1 saturated heterocycles. The van der Waals surface area contributed by atoms with Crippen LogP contribution in [0, 0.1) is 24.2 Å². The number of amides is 1. The van der Waals surface area contributed by atoms with E-state index in [9.17, 15) is 28.1 Å². The average Bonchev–Trinajstić information content (AvgIpc) is 2.77. The molecule has 12 heteroatoms. The number of carbonyl (C=O) groups is 3. The Morgan fingerprint density at radius 2 is 1.89 bits per heavy atom. The van der Waals surface area contributed by atoms with Gasteiger partial charge in [-0.05, 0) is 31.5 Å². The second-order valence-electron chi connectivity index (χ2n) is 7.80. The molecule has 1 aromatic heterocycles. The number of methoxy groups -OCH3 is 1. The van der Waals surface area contributed by atoms with Crippen LogP contribution in [0.4, 0.5) is 5.82 Å². The predicted octanol–water partition coefficient (Wildman–Crippen LogP) is 1.31. The molecule has 0 atom stereocenters. The fourth-order valence-corrected chi connectivity index (χ4v) is 4.79. The quantitative estimate of drug-likeness (QED) is 0.524. The summed E-state index contributed by atoms with van der Waals surface area (Å²) in [5.74, 6) is -2.89. The molecule has 1 N–H and O–H groups in total. The van der Waals surface area contributed by atoms with Gasteiger partial charge in [0.1, 0.15) is 11.9 Å². The van der Waals surface area contributed by atoms with Crippen molar-refractivity contribution < 1.29 is 32.3 Å². The van der Waals surface area contributed by atoms with Gasteiger partial charge in [0.05, 0.1) is 47.8 Å². The average molecular weight is 501 g/mol. The number of nitriles is 1. The predicted molar refractivity (Wildman–Crippen MR) is 124 cm³/mol. The van der Waals surface area contributed by atoms with Crippen LogP contribution in [0.25, 0.3) is 0 Å². The fraction of sp³-hybridized carbons (Fsp3) is 0.348. The number of rotatable bonds is 8. The molecule has 1 amide bonds. The van der Waals surface area contributed by atoms with E-state index in [-0.39, 0.29) is 42.0 Å². The van der Waals surface area contributed by atoms with Crippen molar-refractivity contribution in [3.05, 3.63) is 58.3 Å². The van der Waals surface area contributed by atoms with E-state index in [0.717, 1.165) is 0 Å². The number of sulfonamides is 1. The summed E-state index contributed by atoms with van der Waals surface area (Å²) in [6.45, 7) is 3.74. The molecule has 0 aliphatic carbocycles. The van der Waals surface area contributed by atoms with Gasteiger partial charge in [-0.2, -0.15) is 5.26 Å². The first-order valence-corrected chi connectivity index (χ1v) is 12.3. The lowest BCUT2D eigenvalue weighted by atomic mass is 9.98. The SMILES string of the molecule is CCOC(=O)c1cc(C#N)c(N2CC(C(=O)NS(=O)(=O)Cc3ccccc3C(=O)OC)C2)nc1C. The highest BCUT2D eigenvalue weighted by Crippen LogP contribution is 2.28. The third-order valence-electron chi connectivity index (χ3n) is 5.38. The molecule has 1 fully saturated rings. The first-order valence-electron chi connectivity index (χ1n) is 10.6. The number of anilines is 1. The van der Waals surface area contributed by atoms with E-state index in [1.54, 1.807) is 30.9 Å². The number of aryl methyl sites for hydroxylation is 1. The summed E-state index contributed by atoms with van der Waals surface area (Å²) in [6.07, 6.45) is 0. The zero-order valence-electron chi connectivity index (χ0n) is 19.4. The van der Waals surface area contributed by atoms with Crippen LogP contribution in [0.2, 0.25) is 0 Å². The van der Waals surface area contributed by atoms with Gasteiger partial charge in [0.25, 0.3) is 0 Å². The van der Waals surface area contributed by atoms with Gasteiger partial charge >= 0.3 is 11.9 Å². The maximum Gasteiger partial charge on any atom is 0.340 e. The van der Waals surface area contributed by atoms with Crippen LogP contribution < -0.4 is 9.62 Å². The normalized spacial score (nSPS) is 13.4. The minimum atomic E-state index is -4.09. The van der Waals surface area contributed by atoms with E-state index in [2.05, 4.69) is 9.72 Å². The van der Waals surface area contributed by atoms with Crippen molar-refractivity contribution in [1.82, 2.24) is 9.71 Å². The summed E-state index contributed by atoms with van der Waals surface area (Å²) in [4.78, 5) is 42.5. The molecule has 2 aromatic rings. The van der Waals surface area contributed by atoms with Crippen molar-refractivity contribution in [3.8, 4) is 6.07 Å². The first kappa shape index (κ1) is 25.6. The van der Waals surface area contributed by atoms with Crippen LogP contribution in [0.3, 0.4) is 0 Å². The third-order valence-corrected chi connectivity index (χ3v) is 6.59. The summed E-state index contributed by atoms with van der Waals surface area (Å²) in [5, 5.41) is 9.50. The Morgan fingerprint density at radius 3 is 2.51 bits per heavy atom. The maximum atomic E-state index is 12.6. The molecule has 1 aliphatic heterocycles. The molecule has 2 heterocycles. The molecule has 35 heavy (non-hydrogen) atoms. The zero-order valence-corrected chi connectivity index (χ0v) is 20.2. The Kier molecular flexibility index (Phi) is 7.71. The Labute approximate surface area is 202 Å². The van der Waals surface area contributed by atoms with Gasteiger partial charge in [0.2, 0.25) is 15.9 Å². The van der Waals surface area contributed by atoms with Gasteiger partial charge in [-0.3, -0.25) is 9.52 Å². The van der Waals surface area contributed by atoms with E-state index in [0.29, 0.717) is 11.5 Å². The summed E-state index contributed by atoms with van der Waals surface area (Å²) in [5.41, 5.74) is 0.997. The van der Waals surface area contributed by atoms with E-state index in [1.165, 1.54) is 25.3 Å². The Hall–Kier alpha value is -3.98. The van der Waals surface area contributed by atoms with E-state index >= 15 is 0 Å². The minimum Gasteiger partial charge on any atom is -0.465 e. The number of esters is 2. The molecule has 11 nitrogen and oxygen atoms in total. The smallest absolute Gasteiger partial charge is 0.340 e. The number of nitrogens with zero attached hydrogens (tertiary/aromatic N) is 3. The molecule has 0 radical (unpaired) electrons. The van der Waals surface area contributed by atoms with E-state index < -0.39 is 39.5 Å². The molecule has 1 aromatic carbocycles. The molecular weight excluding hydrogens is 476 g/mol. The standard InChI is InChI=1S/C23H24N4O7S/c1-4-34-23(30)19-9-16(10-24)20(25-14(19)2)27-11-17(12-27)21(28)26-35(31,32)13-15-7-5-6-8-18(15)22(29)33-3/h5-9,17H,4,11-13H2,1-3H3,(H,26,28). The Balaban J connectivity index is 1.67. The minimum absolute atomic E-state index is 0.0967. The maximum absolute atomic E-state index is 12.6. The molecule has 1 aliphatic rings. The number of carbonyl (C=O) groups excluding carboxylic acids is 3. The summed E-state index contributed by atoms with van der Waals surface area (Å²) in [6, 6.07) is 9.46. The second kappa shape index (κ2) is 10.5. The third kappa shape index (κ3) is 5.75. The van der Waals surface area contributed by atoms with Crippen LogP contribution in [0.15, 0.2) is 30.3 Å². The molecule has 0 bridgehead atoms. The number of aromatic nitrogens is 1. The molecular formula is C23H24N4O7S. The first-order chi connectivity index (χ1) is 16.6. The van der Waals surface area contributed by atoms with Crippen molar-refractivity contribution in [1.29, 1.82) is 5.26 Å². The van der Waals surface area contributed by atoms with Crippen LogP contribution in [0.5, 0.6) is 0 Å². The van der Waals surface area contributed by atoms with Crippen molar-refractivity contribution in [2.75, 3.05) is 31.7 Å². The Bertz CT molecular complexity index is 1310. The lowest BCUT2D eigenvalue weighted by Gasteiger charge is -2.39. The fourth-order valence-electron chi connectivity index (χ4n) is 3.58. The highest BCUT2D eigenvalue weighted by Gasteiger charge is 2.37. The van der Waals surface area contributed by atoms with Crippen molar-refractivity contribution >= 4 is 33.7 Å². The summed E-state index contributed by atoms with van der Waals surface area (Å²) < 4.78 is 36.8. The summed E-state index contributed by atoms with van der Waals surface area (Å²) in [7, 11) is -2.90. The van der Waals surface area contributed by atoms with Gasteiger partial charge in [0, 0.05) is 13.1 Å². The van der Waals surface area contributed by atoms with E-state index in [4.69, 9.17) is 4.74 Å². The zero-order chi connectivity index (χ0) is 25.8.